The van der Waals surface area contributed by atoms with Crippen molar-refractivity contribution >= 4 is 16.0 Å². The van der Waals surface area contributed by atoms with Gasteiger partial charge in [0.1, 0.15) is 0 Å². The van der Waals surface area contributed by atoms with E-state index >= 15 is 0 Å². The molecule has 0 saturated carbocycles. The zero-order valence-electron chi connectivity index (χ0n) is 12.0. The maximum absolute atomic E-state index is 11.8. The molecule has 1 aromatic rings. The minimum Gasteiger partial charge on any atom is -0.478 e. The summed E-state index contributed by atoms with van der Waals surface area (Å²) in [6.07, 6.45) is 1.56. The van der Waals surface area contributed by atoms with E-state index in [1.54, 1.807) is 0 Å². The number of hydrogen-bond donors (Lipinski definition) is 2. The van der Waals surface area contributed by atoms with Gasteiger partial charge in [0.2, 0.25) is 10.0 Å². The van der Waals surface area contributed by atoms with Crippen molar-refractivity contribution in [1.82, 2.24) is 4.72 Å². The molecule has 0 bridgehead atoms. The van der Waals surface area contributed by atoms with Crippen LogP contribution in [-0.2, 0) is 20.5 Å². The number of benzene rings is 1. The quantitative estimate of drug-likeness (QED) is 0.640. The van der Waals surface area contributed by atoms with E-state index in [1.165, 1.54) is 24.3 Å². The smallest absolute Gasteiger partial charge is 0.335 e. The van der Waals surface area contributed by atoms with E-state index < -0.39 is 16.0 Å². The Balaban J connectivity index is 2.39. The van der Waals surface area contributed by atoms with E-state index in [4.69, 9.17) is 9.84 Å². The molecule has 0 radical (unpaired) electrons. The molecular formula is C14H21NO5S. The lowest BCUT2D eigenvalue weighted by Crippen LogP contribution is -2.27. The van der Waals surface area contributed by atoms with Crippen molar-refractivity contribution in [1.29, 1.82) is 0 Å². The zero-order valence-corrected chi connectivity index (χ0v) is 12.9. The monoisotopic (exact) mass is 315 g/mol. The average Bonchev–Trinajstić information content (AvgIpc) is 2.43. The lowest BCUT2D eigenvalue weighted by atomic mass is 10.1. The van der Waals surface area contributed by atoms with E-state index in [-0.39, 0.29) is 11.3 Å². The molecule has 21 heavy (non-hydrogen) atoms. The SMILES string of the molecule is CCCOCCCNS(=O)(=O)Cc1ccc(C(=O)O)cc1. The van der Waals surface area contributed by atoms with Gasteiger partial charge >= 0.3 is 5.97 Å². The third kappa shape index (κ3) is 7.22. The number of carbonyl (C=O) groups is 1. The molecule has 0 fully saturated rings. The number of sulfonamides is 1. The van der Waals surface area contributed by atoms with Crippen LogP contribution < -0.4 is 4.72 Å². The standard InChI is InChI=1S/C14H21NO5S/c1-2-9-20-10-3-8-15-21(18,19)11-12-4-6-13(7-5-12)14(16)17/h4-7,15H,2-3,8-11H2,1H3,(H,16,17). The van der Waals surface area contributed by atoms with Gasteiger partial charge in [-0.1, -0.05) is 19.1 Å². The van der Waals surface area contributed by atoms with Crippen molar-refractivity contribution in [3.63, 3.8) is 0 Å². The third-order valence-corrected chi connectivity index (χ3v) is 4.05. The molecule has 2 N–H and O–H groups in total. The molecule has 0 aliphatic rings. The van der Waals surface area contributed by atoms with Crippen molar-refractivity contribution in [3.8, 4) is 0 Å². The van der Waals surface area contributed by atoms with Crippen LogP contribution >= 0.6 is 0 Å². The van der Waals surface area contributed by atoms with Crippen molar-refractivity contribution < 1.29 is 23.1 Å². The first-order valence-electron chi connectivity index (χ1n) is 6.82. The van der Waals surface area contributed by atoms with E-state index in [0.717, 1.165) is 6.42 Å². The summed E-state index contributed by atoms with van der Waals surface area (Å²) in [5, 5.41) is 8.77. The summed E-state index contributed by atoms with van der Waals surface area (Å²) in [5.74, 6) is -1.20. The molecule has 0 atom stereocenters. The normalized spacial score (nSPS) is 11.5. The van der Waals surface area contributed by atoms with Crippen LogP contribution in [0.15, 0.2) is 24.3 Å². The molecule has 1 rings (SSSR count). The number of aromatic carboxylic acids is 1. The minimum atomic E-state index is -3.41. The minimum absolute atomic E-state index is 0.136. The van der Waals surface area contributed by atoms with Gasteiger partial charge in [0, 0.05) is 19.8 Å². The van der Waals surface area contributed by atoms with Crippen LogP contribution in [0.4, 0.5) is 0 Å². The molecule has 6 nitrogen and oxygen atoms in total. The Morgan fingerprint density at radius 2 is 1.90 bits per heavy atom. The van der Waals surface area contributed by atoms with Crippen molar-refractivity contribution in [2.24, 2.45) is 0 Å². The summed E-state index contributed by atoms with van der Waals surface area (Å²) < 4.78 is 31.4. The summed E-state index contributed by atoms with van der Waals surface area (Å²) in [4.78, 5) is 10.7. The van der Waals surface area contributed by atoms with Crippen molar-refractivity contribution in [3.05, 3.63) is 35.4 Å². The lowest BCUT2D eigenvalue weighted by Gasteiger charge is -2.07. The second-order valence-corrected chi connectivity index (χ2v) is 6.43. The molecule has 0 aliphatic heterocycles. The molecule has 118 valence electrons. The Labute approximate surface area is 125 Å². The van der Waals surface area contributed by atoms with Crippen molar-refractivity contribution in [2.75, 3.05) is 19.8 Å². The van der Waals surface area contributed by atoms with Gasteiger partial charge in [-0.25, -0.2) is 17.9 Å². The van der Waals surface area contributed by atoms with Crippen LogP contribution in [0.2, 0.25) is 0 Å². The van der Waals surface area contributed by atoms with E-state index in [1.807, 2.05) is 6.92 Å². The molecule has 0 aromatic heterocycles. The number of carboxylic acids is 1. The number of nitrogens with one attached hydrogen (secondary N) is 1. The topological polar surface area (TPSA) is 92.7 Å². The summed E-state index contributed by atoms with van der Waals surface area (Å²) in [7, 11) is -3.41. The number of hydrogen-bond acceptors (Lipinski definition) is 4. The highest BCUT2D eigenvalue weighted by molar-refractivity contribution is 7.88. The van der Waals surface area contributed by atoms with Gasteiger partial charge in [-0.2, -0.15) is 0 Å². The fourth-order valence-corrected chi connectivity index (χ4v) is 2.85. The van der Waals surface area contributed by atoms with Gasteiger partial charge in [0.25, 0.3) is 0 Å². The van der Waals surface area contributed by atoms with Gasteiger partial charge in [-0.3, -0.25) is 0 Å². The predicted molar refractivity (Wildman–Crippen MR) is 79.8 cm³/mol. The first kappa shape index (κ1) is 17.6. The lowest BCUT2D eigenvalue weighted by molar-refractivity contribution is 0.0697. The van der Waals surface area contributed by atoms with Crippen LogP contribution in [0.5, 0.6) is 0 Å². The number of ether oxygens (including phenoxy) is 1. The molecule has 0 aliphatic carbocycles. The second-order valence-electron chi connectivity index (χ2n) is 4.62. The van der Waals surface area contributed by atoms with Crippen LogP contribution in [0.3, 0.4) is 0 Å². The second kappa shape index (κ2) is 8.76. The Kier molecular flexibility index (Phi) is 7.35. The zero-order chi connectivity index (χ0) is 15.7. The highest BCUT2D eigenvalue weighted by Crippen LogP contribution is 2.08. The number of rotatable bonds is 10. The fraction of sp³-hybridized carbons (Fsp3) is 0.500. The van der Waals surface area contributed by atoms with Crippen LogP contribution in [0.1, 0.15) is 35.7 Å². The van der Waals surface area contributed by atoms with Gasteiger partial charge in [0.15, 0.2) is 0 Å². The highest BCUT2D eigenvalue weighted by Gasteiger charge is 2.11. The molecule has 7 heteroatoms. The van der Waals surface area contributed by atoms with Crippen molar-refractivity contribution in [2.45, 2.75) is 25.5 Å². The predicted octanol–water partition coefficient (Wildman–Crippen LogP) is 1.62. The summed E-state index contributed by atoms with van der Waals surface area (Å²) in [6.45, 7) is 3.56. The first-order valence-corrected chi connectivity index (χ1v) is 8.47. The summed E-state index contributed by atoms with van der Waals surface area (Å²) >= 11 is 0. The van der Waals surface area contributed by atoms with Crippen LogP contribution in [0, 0.1) is 0 Å². The maximum Gasteiger partial charge on any atom is 0.335 e. The maximum atomic E-state index is 11.8. The molecule has 0 unspecified atom stereocenters. The van der Waals surface area contributed by atoms with E-state index in [9.17, 15) is 13.2 Å². The van der Waals surface area contributed by atoms with Gasteiger partial charge in [-0.05, 0) is 30.5 Å². The first-order chi connectivity index (χ1) is 9.94. The van der Waals surface area contributed by atoms with Crippen LogP contribution in [-0.4, -0.2) is 39.3 Å². The molecule has 0 heterocycles. The van der Waals surface area contributed by atoms with Gasteiger partial charge < -0.3 is 9.84 Å². The third-order valence-electron chi connectivity index (χ3n) is 2.69. The molecule has 0 spiro atoms. The Bertz CT molecular complexity index is 539. The summed E-state index contributed by atoms with van der Waals surface area (Å²) in [6, 6.07) is 5.80. The molecular weight excluding hydrogens is 294 g/mol. The Morgan fingerprint density at radius 1 is 1.24 bits per heavy atom. The van der Waals surface area contributed by atoms with Crippen LogP contribution in [0.25, 0.3) is 0 Å². The average molecular weight is 315 g/mol. The van der Waals surface area contributed by atoms with Gasteiger partial charge in [0.05, 0.1) is 11.3 Å². The largest absolute Gasteiger partial charge is 0.478 e. The van der Waals surface area contributed by atoms with Gasteiger partial charge in [-0.15, -0.1) is 0 Å². The molecule has 0 amide bonds. The summed E-state index contributed by atoms with van der Waals surface area (Å²) in [5.41, 5.74) is 0.687. The van der Waals surface area contributed by atoms with E-state index in [2.05, 4.69) is 4.72 Å². The highest BCUT2D eigenvalue weighted by atomic mass is 32.2. The molecule has 1 aromatic carbocycles. The number of carboxylic acid groups (broad SMARTS) is 1. The van der Waals surface area contributed by atoms with E-state index in [0.29, 0.717) is 31.7 Å². The Morgan fingerprint density at radius 3 is 2.48 bits per heavy atom. The molecule has 0 saturated heterocycles. The fourth-order valence-electron chi connectivity index (χ4n) is 1.66. The Hall–Kier alpha value is -1.44.